The van der Waals surface area contributed by atoms with Crippen LogP contribution in [0.15, 0.2) is 28.1 Å². The lowest BCUT2D eigenvalue weighted by Crippen LogP contribution is -2.00. The van der Waals surface area contributed by atoms with Gasteiger partial charge >= 0.3 is 0 Å². The molecule has 1 aromatic heterocycles. The van der Waals surface area contributed by atoms with Crippen LogP contribution >= 0.6 is 27.3 Å². The fraction of sp³-hybridized carbons (Fsp3) is 0.250. The first-order valence-corrected chi connectivity index (χ1v) is 6.84. The van der Waals surface area contributed by atoms with Crippen LogP contribution in [0.5, 0.6) is 5.75 Å². The first-order chi connectivity index (χ1) is 8.19. The molecule has 0 saturated heterocycles. The van der Waals surface area contributed by atoms with Gasteiger partial charge in [0.25, 0.3) is 0 Å². The number of hydrogen-bond donors (Lipinski definition) is 1. The SMILES string of the molecule is COc1ccc(Br)c(NCc2nc(C)cs2)c1. The van der Waals surface area contributed by atoms with E-state index in [-0.39, 0.29) is 0 Å². The van der Waals surface area contributed by atoms with Crippen LogP contribution in [-0.2, 0) is 6.54 Å². The number of benzene rings is 1. The van der Waals surface area contributed by atoms with E-state index >= 15 is 0 Å². The number of nitrogens with zero attached hydrogens (tertiary/aromatic N) is 1. The zero-order valence-electron chi connectivity index (χ0n) is 9.66. The predicted molar refractivity (Wildman–Crippen MR) is 74.9 cm³/mol. The Morgan fingerprint density at radius 3 is 2.94 bits per heavy atom. The third-order valence-corrected chi connectivity index (χ3v) is 3.93. The van der Waals surface area contributed by atoms with Gasteiger partial charge in [0.2, 0.25) is 0 Å². The topological polar surface area (TPSA) is 34.1 Å². The molecule has 5 heteroatoms. The maximum absolute atomic E-state index is 5.19. The zero-order valence-corrected chi connectivity index (χ0v) is 12.1. The smallest absolute Gasteiger partial charge is 0.121 e. The summed E-state index contributed by atoms with van der Waals surface area (Å²) < 4.78 is 6.21. The summed E-state index contributed by atoms with van der Waals surface area (Å²) in [5.41, 5.74) is 2.08. The predicted octanol–water partition coefficient (Wildman–Crippen LogP) is 3.83. The molecule has 17 heavy (non-hydrogen) atoms. The number of aryl methyl sites for hydroxylation is 1. The van der Waals surface area contributed by atoms with Crippen LogP contribution in [0.25, 0.3) is 0 Å². The molecule has 0 aliphatic heterocycles. The van der Waals surface area contributed by atoms with Crippen molar-refractivity contribution < 1.29 is 4.74 Å². The number of anilines is 1. The molecule has 0 fully saturated rings. The summed E-state index contributed by atoms with van der Waals surface area (Å²) >= 11 is 5.17. The molecule has 0 saturated carbocycles. The first kappa shape index (κ1) is 12.4. The Morgan fingerprint density at radius 2 is 2.29 bits per heavy atom. The minimum atomic E-state index is 0.726. The molecule has 90 valence electrons. The number of halogens is 1. The van der Waals surface area contributed by atoms with E-state index in [4.69, 9.17) is 4.74 Å². The molecule has 0 amide bonds. The average molecular weight is 313 g/mol. The van der Waals surface area contributed by atoms with Crippen molar-refractivity contribution in [3.05, 3.63) is 38.8 Å². The van der Waals surface area contributed by atoms with Gasteiger partial charge in [-0.1, -0.05) is 0 Å². The van der Waals surface area contributed by atoms with Gasteiger partial charge in [0, 0.05) is 21.6 Å². The van der Waals surface area contributed by atoms with E-state index in [9.17, 15) is 0 Å². The van der Waals surface area contributed by atoms with Crippen LogP contribution in [0.4, 0.5) is 5.69 Å². The molecular formula is C12H13BrN2OS. The lowest BCUT2D eigenvalue weighted by molar-refractivity contribution is 0.415. The van der Waals surface area contributed by atoms with E-state index in [1.54, 1.807) is 18.4 Å². The van der Waals surface area contributed by atoms with Crippen molar-refractivity contribution in [3.63, 3.8) is 0 Å². The molecule has 0 spiro atoms. The minimum Gasteiger partial charge on any atom is -0.497 e. The Hall–Kier alpha value is -1.07. The molecule has 0 radical (unpaired) electrons. The Kier molecular flexibility index (Phi) is 4.02. The molecule has 0 aliphatic rings. The van der Waals surface area contributed by atoms with Crippen LogP contribution in [-0.4, -0.2) is 12.1 Å². The Balaban J connectivity index is 2.07. The van der Waals surface area contributed by atoms with E-state index in [0.717, 1.165) is 33.2 Å². The normalized spacial score (nSPS) is 10.3. The standard InChI is InChI=1S/C12H13BrN2OS/c1-8-7-17-12(15-8)6-14-11-5-9(16-2)3-4-10(11)13/h3-5,7,14H,6H2,1-2H3. The van der Waals surface area contributed by atoms with Gasteiger partial charge in [0.05, 0.1) is 19.3 Å². The Bertz CT molecular complexity index is 513. The molecule has 1 heterocycles. The van der Waals surface area contributed by atoms with Crippen LogP contribution in [0.2, 0.25) is 0 Å². The van der Waals surface area contributed by atoms with Gasteiger partial charge in [-0.2, -0.15) is 0 Å². The third kappa shape index (κ3) is 3.20. The van der Waals surface area contributed by atoms with Crippen molar-refractivity contribution in [1.82, 2.24) is 4.98 Å². The van der Waals surface area contributed by atoms with Crippen molar-refractivity contribution in [1.29, 1.82) is 0 Å². The summed E-state index contributed by atoms with van der Waals surface area (Å²) in [6, 6.07) is 5.85. The van der Waals surface area contributed by atoms with Gasteiger partial charge < -0.3 is 10.1 Å². The quantitative estimate of drug-likeness (QED) is 0.931. The van der Waals surface area contributed by atoms with Crippen molar-refractivity contribution in [2.45, 2.75) is 13.5 Å². The van der Waals surface area contributed by atoms with Gasteiger partial charge in [0.15, 0.2) is 0 Å². The summed E-state index contributed by atoms with van der Waals surface area (Å²) in [6.07, 6.45) is 0. The maximum Gasteiger partial charge on any atom is 0.121 e. The second kappa shape index (κ2) is 5.51. The molecule has 1 aromatic carbocycles. The number of rotatable bonds is 4. The van der Waals surface area contributed by atoms with Crippen LogP contribution in [0.3, 0.4) is 0 Å². The highest BCUT2D eigenvalue weighted by atomic mass is 79.9. The Morgan fingerprint density at radius 1 is 1.47 bits per heavy atom. The highest BCUT2D eigenvalue weighted by Crippen LogP contribution is 2.27. The van der Waals surface area contributed by atoms with Crippen molar-refractivity contribution >= 4 is 33.0 Å². The Labute approximate surface area is 113 Å². The van der Waals surface area contributed by atoms with Gasteiger partial charge in [-0.3, -0.25) is 0 Å². The summed E-state index contributed by atoms with van der Waals surface area (Å²) in [5, 5.41) is 6.47. The number of hydrogen-bond acceptors (Lipinski definition) is 4. The van der Waals surface area contributed by atoms with Gasteiger partial charge in [-0.05, 0) is 35.0 Å². The summed E-state index contributed by atoms with van der Waals surface area (Å²) in [5.74, 6) is 0.839. The molecule has 1 N–H and O–H groups in total. The lowest BCUT2D eigenvalue weighted by atomic mass is 10.3. The lowest BCUT2D eigenvalue weighted by Gasteiger charge is -2.08. The molecule has 2 rings (SSSR count). The molecule has 0 atom stereocenters. The average Bonchev–Trinajstić information content (AvgIpc) is 2.74. The summed E-state index contributed by atoms with van der Waals surface area (Å²) in [6.45, 7) is 2.73. The molecular weight excluding hydrogens is 300 g/mol. The number of thiazole rings is 1. The summed E-state index contributed by atoms with van der Waals surface area (Å²) in [7, 11) is 1.66. The van der Waals surface area contributed by atoms with Crippen LogP contribution in [0, 0.1) is 6.92 Å². The molecule has 0 aliphatic carbocycles. The number of ether oxygens (including phenoxy) is 1. The van der Waals surface area contributed by atoms with Crippen molar-refractivity contribution in [2.75, 3.05) is 12.4 Å². The zero-order chi connectivity index (χ0) is 12.3. The molecule has 2 aromatic rings. The maximum atomic E-state index is 5.19. The fourth-order valence-electron chi connectivity index (χ4n) is 1.42. The van der Waals surface area contributed by atoms with E-state index in [2.05, 4.69) is 31.6 Å². The summed E-state index contributed by atoms with van der Waals surface area (Å²) in [4.78, 5) is 4.41. The van der Waals surface area contributed by atoms with E-state index in [1.165, 1.54) is 0 Å². The third-order valence-electron chi connectivity index (χ3n) is 2.27. The number of methoxy groups -OCH3 is 1. The number of aromatic nitrogens is 1. The van der Waals surface area contributed by atoms with Crippen LogP contribution in [0.1, 0.15) is 10.7 Å². The minimum absolute atomic E-state index is 0.726. The highest BCUT2D eigenvalue weighted by Gasteiger charge is 2.03. The highest BCUT2D eigenvalue weighted by molar-refractivity contribution is 9.10. The number of nitrogens with one attached hydrogen (secondary N) is 1. The van der Waals surface area contributed by atoms with Crippen molar-refractivity contribution in [2.24, 2.45) is 0 Å². The first-order valence-electron chi connectivity index (χ1n) is 5.17. The van der Waals surface area contributed by atoms with Crippen LogP contribution < -0.4 is 10.1 Å². The van der Waals surface area contributed by atoms with Crippen molar-refractivity contribution in [3.8, 4) is 5.75 Å². The second-order valence-corrected chi connectivity index (χ2v) is 5.38. The van der Waals surface area contributed by atoms with E-state index in [0.29, 0.717) is 0 Å². The van der Waals surface area contributed by atoms with Gasteiger partial charge in [-0.15, -0.1) is 11.3 Å². The fourth-order valence-corrected chi connectivity index (χ4v) is 2.52. The largest absolute Gasteiger partial charge is 0.497 e. The van der Waals surface area contributed by atoms with Gasteiger partial charge in [0.1, 0.15) is 10.8 Å². The molecule has 0 bridgehead atoms. The molecule has 0 unspecified atom stereocenters. The molecule has 3 nitrogen and oxygen atoms in total. The second-order valence-electron chi connectivity index (χ2n) is 3.58. The monoisotopic (exact) mass is 312 g/mol. The van der Waals surface area contributed by atoms with E-state index < -0.39 is 0 Å². The van der Waals surface area contributed by atoms with Gasteiger partial charge in [-0.25, -0.2) is 4.98 Å². The van der Waals surface area contributed by atoms with E-state index in [1.807, 2.05) is 25.1 Å².